The maximum Gasteiger partial charge on any atom is 0.226 e. The summed E-state index contributed by atoms with van der Waals surface area (Å²) in [5.41, 5.74) is 0. The van der Waals surface area contributed by atoms with Crippen molar-refractivity contribution >= 4 is 0 Å². The van der Waals surface area contributed by atoms with Crippen LogP contribution in [0.5, 0.6) is 0 Å². The molecule has 0 radical (unpaired) electrons. The van der Waals surface area contributed by atoms with Gasteiger partial charge in [-0.3, -0.25) is 0 Å². The van der Waals surface area contributed by atoms with Gasteiger partial charge in [-0.05, 0) is 38.1 Å². The molecule has 1 aromatic rings. The Labute approximate surface area is 114 Å². The number of aromatic nitrogens is 2. The Balaban J connectivity index is 1.44. The third-order valence-corrected chi connectivity index (χ3v) is 4.12. The summed E-state index contributed by atoms with van der Waals surface area (Å²) in [5, 5.41) is 7.63. The van der Waals surface area contributed by atoms with Crippen LogP contribution in [0.2, 0.25) is 0 Å². The molecule has 0 saturated carbocycles. The molecule has 5 heteroatoms. The highest BCUT2D eigenvalue weighted by Crippen LogP contribution is 2.17. The van der Waals surface area contributed by atoms with Crippen LogP contribution in [0.25, 0.3) is 0 Å². The summed E-state index contributed by atoms with van der Waals surface area (Å²) in [5.74, 6) is 2.22. The maximum atomic E-state index is 5.37. The second-order valence-corrected chi connectivity index (χ2v) is 5.72. The number of piperidine rings is 1. The van der Waals surface area contributed by atoms with Crippen LogP contribution >= 0.6 is 0 Å². The monoisotopic (exact) mass is 265 g/mol. The molecule has 2 aliphatic heterocycles. The van der Waals surface area contributed by atoms with E-state index in [0.29, 0.717) is 12.0 Å². The van der Waals surface area contributed by atoms with E-state index >= 15 is 0 Å². The lowest BCUT2D eigenvalue weighted by atomic mass is 10.0. The lowest BCUT2D eigenvalue weighted by molar-refractivity contribution is 0.185. The molecule has 5 nitrogen and oxygen atoms in total. The van der Waals surface area contributed by atoms with Crippen molar-refractivity contribution in [3.63, 3.8) is 0 Å². The quantitative estimate of drug-likeness (QED) is 0.878. The van der Waals surface area contributed by atoms with Crippen LogP contribution in [0.15, 0.2) is 4.52 Å². The second kappa shape index (κ2) is 6.48. The van der Waals surface area contributed by atoms with E-state index in [1.807, 2.05) is 0 Å². The van der Waals surface area contributed by atoms with Crippen molar-refractivity contribution in [2.45, 2.75) is 51.0 Å². The highest BCUT2D eigenvalue weighted by atomic mass is 16.5. The first-order valence-electron chi connectivity index (χ1n) is 7.53. The second-order valence-electron chi connectivity index (χ2n) is 5.72. The van der Waals surface area contributed by atoms with E-state index in [-0.39, 0.29) is 0 Å². The van der Waals surface area contributed by atoms with Crippen LogP contribution in [-0.2, 0) is 17.6 Å². The lowest BCUT2D eigenvalue weighted by Gasteiger charge is -2.22. The highest BCUT2D eigenvalue weighted by Gasteiger charge is 2.19. The van der Waals surface area contributed by atoms with Crippen LogP contribution in [0.3, 0.4) is 0 Å². The zero-order chi connectivity index (χ0) is 12.9. The molecule has 106 valence electrons. The van der Waals surface area contributed by atoms with Gasteiger partial charge in [-0.1, -0.05) is 11.6 Å². The van der Waals surface area contributed by atoms with Crippen LogP contribution in [0.1, 0.15) is 43.8 Å². The van der Waals surface area contributed by atoms with Crippen molar-refractivity contribution < 1.29 is 9.26 Å². The van der Waals surface area contributed by atoms with Gasteiger partial charge < -0.3 is 14.6 Å². The Kier molecular flexibility index (Phi) is 4.45. The number of aryl methyl sites for hydroxylation is 1. The predicted molar refractivity (Wildman–Crippen MR) is 70.9 cm³/mol. The fourth-order valence-electron chi connectivity index (χ4n) is 2.95. The average molecular weight is 265 g/mol. The Morgan fingerprint density at radius 3 is 3.05 bits per heavy atom. The molecule has 3 rings (SSSR count). The van der Waals surface area contributed by atoms with Crippen molar-refractivity contribution in [1.29, 1.82) is 0 Å². The summed E-state index contributed by atoms with van der Waals surface area (Å²) in [4.78, 5) is 4.50. The van der Waals surface area contributed by atoms with E-state index in [1.165, 1.54) is 19.3 Å². The minimum absolute atomic E-state index is 0.575. The number of rotatable bonds is 5. The first-order valence-corrected chi connectivity index (χ1v) is 7.53. The molecule has 0 bridgehead atoms. The molecule has 2 saturated heterocycles. The SMILES string of the molecule is C1CCC(CCc2nc(CC3CCOC3)no2)NC1. The van der Waals surface area contributed by atoms with E-state index in [0.717, 1.165) is 57.2 Å². The van der Waals surface area contributed by atoms with Gasteiger partial charge in [-0.25, -0.2) is 0 Å². The third-order valence-electron chi connectivity index (χ3n) is 4.12. The molecule has 2 unspecified atom stereocenters. The minimum Gasteiger partial charge on any atom is -0.381 e. The van der Waals surface area contributed by atoms with Crippen LogP contribution < -0.4 is 5.32 Å². The molecule has 2 atom stereocenters. The molecule has 1 aromatic heterocycles. The first-order chi connectivity index (χ1) is 9.40. The molecular weight excluding hydrogens is 242 g/mol. The van der Waals surface area contributed by atoms with E-state index in [9.17, 15) is 0 Å². The van der Waals surface area contributed by atoms with Crippen molar-refractivity contribution in [2.24, 2.45) is 5.92 Å². The van der Waals surface area contributed by atoms with Gasteiger partial charge in [0.15, 0.2) is 5.82 Å². The molecule has 0 aliphatic carbocycles. The molecule has 2 fully saturated rings. The predicted octanol–water partition coefficient (Wildman–Crippen LogP) is 1.72. The normalized spacial score (nSPS) is 27.8. The molecule has 0 amide bonds. The molecule has 19 heavy (non-hydrogen) atoms. The van der Waals surface area contributed by atoms with Gasteiger partial charge >= 0.3 is 0 Å². The van der Waals surface area contributed by atoms with E-state index < -0.39 is 0 Å². The highest BCUT2D eigenvalue weighted by molar-refractivity contribution is 4.90. The van der Waals surface area contributed by atoms with Gasteiger partial charge in [0.25, 0.3) is 0 Å². The van der Waals surface area contributed by atoms with Gasteiger partial charge in [0.05, 0.1) is 0 Å². The molecule has 1 N–H and O–H groups in total. The van der Waals surface area contributed by atoms with Crippen LogP contribution in [0, 0.1) is 5.92 Å². The van der Waals surface area contributed by atoms with E-state index in [1.54, 1.807) is 0 Å². The Bertz CT molecular complexity index is 382. The molecule has 3 heterocycles. The van der Waals surface area contributed by atoms with Crippen LogP contribution in [-0.4, -0.2) is 35.9 Å². The largest absolute Gasteiger partial charge is 0.381 e. The third kappa shape index (κ3) is 3.76. The summed E-state index contributed by atoms with van der Waals surface area (Å²) < 4.78 is 10.7. The van der Waals surface area contributed by atoms with Gasteiger partial charge in [0, 0.05) is 32.1 Å². The maximum absolute atomic E-state index is 5.37. The van der Waals surface area contributed by atoms with Crippen molar-refractivity contribution in [3.05, 3.63) is 11.7 Å². The summed E-state index contributed by atoms with van der Waals surface area (Å²) in [7, 11) is 0. The molecule has 0 aromatic carbocycles. The standard InChI is InChI=1S/C14H23N3O2/c1-2-7-15-12(3-1)4-5-14-16-13(17-19-14)9-11-6-8-18-10-11/h11-12,15H,1-10H2. The van der Waals surface area contributed by atoms with Crippen molar-refractivity contribution in [3.8, 4) is 0 Å². The van der Waals surface area contributed by atoms with Crippen molar-refractivity contribution in [1.82, 2.24) is 15.5 Å². The van der Waals surface area contributed by atoms with Gasteiger partial charge in [-0.2, -0.15) is 4.98 Å². The zero-order valence-electron chi connectivity index (χ0n) is 11.4. The topological polar surface area (TPSA) is 60.2 Å². The number of hydrogen-bond donors (Lipinski definition) is 1. The minimum atomic E-state index is 0.575. The molecular formula is C14H23N3O2. The number of ether oxygens (including phenoxy) is 1. The summed E-state index contributed by atoms with van der Waals surface area (Å²) in [6.45, 7) is 2.88. The smallest absolute Gasteiger partial charge is 0.226 e. The molecule has 2 aliphatic rings. The van der Waals surface area contributed by atoms with Gasteiger partial charge in [0.1, 0.15) is 0 Å². The average Bonchev–Trinajstić information content (AvgIpc) is 3.10. The fourth-order valence-corrected chi connectivity index (χ4v) is 2.95. The van der Waals surface area contributed by atoms with E-state index in [2.05, 4.69) is 15.5 Å². The Morgan fingerprint density at radius 1 is 1.26 bits per heavy atom. The lowest BCUT2D eigenvalue weighted by Crippen LogP contribution is -2.34. The summed E-state index contributed by atoms with van der Waals surface area (Å²) in [6, 6.07) is 0.632. The van der Waals surface area contributed by atoms with Gasteiger partial charge in [-0.15, -0.1) is 0 Å². The van der Waals surface area contributed by atoms with Crippen molar-refractivity contribution in [2.75, 3.05) is 19.8 Å². The number of nitrogens with zero attached hydrogens (tertiary/aromatic N) is 2. The Hall–Kier alpha value is -0.940. The first kappa shape index (κ1) is 13.1. The van der Waals surface area contributed by atoms with Gasteiger partial charge in [0.2, 0.25) is 5.89 Å². The zero-order valence-corrected chi connectivity index (χ0v) is 11.4. The van der Waals surface area contributed by atoms with Crippen LogP contribution in [0.4, 0.5) is 0 Å². The fraction of sp³-hybridized carbons (Fsp3) is 0.857. The summed E-state index contributed by atoms with van der Waals surface area (Å²) >= 11 is 0. The molecule has 0 spiro atoms. The number of nitrogens with one attached hydrogen (secondary N) is 1. The number of hydrogen-bond acceptors (Lipinski definition) is 5. The van der Waals surface area contributed by atoms with E-state index in [4.69, 9.17) is 9.26 Å². The summed E-state index contributed by atoms with van der Waals surface area (Å²) in [6.07, 6.45) is 7.94. The Morgan fingerprint density at radius 2 is 2.26 bits per heavy atom.